The lowest BCUT2D eigenvalue weighted by Gasteiger charge is -2.23. The highest BCUT2D eigenvalue weighted by Crippen LogP contribution is 2.20. The lowest BCUT2D eigenvalue weighted by molar-refractivity contribution is 0.0681. The van der Waals surface area contributed by atoms with Crippen molar-refractivity contribution in [1.82, 2.24) is 14.7 Å². The van der Waals surface area contributed by atoms with Crippen molar-refractivity contribution in [3.05, 3.63) is 46.8 Å². The molecule has 0 aliphatic carbocycles. The van der Waals surface area contributed by atoms with E-state index in [0.29, 0.717) is 5.56 Å². The van der Waals surface area contributed by atoms with Gasteiger partial charge in [-0.05, 0) is 44.9 Å². The molecule has 5 heteroatoms. The Kier molecular flexibility index (Phi) is 4.66. The molecular weight excluding hydrogens is 278 g/mol. The van der Waals surface area contributed by atoms with Gasteiger partial charge in [-0.15, -0.1) is 0 Å². The molecule has 1 heterocycles. The van der Waals surface area contributed by atoms with Crippen LogP contribution in [0.25, 0.3) is 5.69 Å². The molecule has 1 aromatic carbocycles. The zero-order valence-corrected chi connectivity index (χ0v) is 13.8. The SMILES string of the molecule is Cc1ccc(C)c(-n2ncc(C(=O)N(C)C(C)CO)c2C)c1. The van der Waals surface area contributed by atoms with E-state index in [2.05, 4.69) is 17.2 Å². The lowest BCUT2D eigenvalue weighted by Crippen LogP contribution is -2.37. The van der Waals surface area contributed by atoms with E-state index in [1.165, 1.54) is 4.90 Å². The average molecular weight is 301 g/mol. The molecule has 118 valence electrons. The Bertz CT molecular complexity index is 691. The summed E-state index contributed by atoms with van der Waals surface area (Å²) in [5.74, 6) is -0.129. The van der Waals surface area contributed by atoms with Gasteiger partial charge in [-0.25, -0.2) is 4.68 Å². The third-order valence-corrected chi connectivity index (χ3v) is 4.08. The van der Waals surface area contributed by atoms with Crippen LogP contribution in [0.1, 0.15) is 34.1 Å². The Hall–Kier alpha value is -2.14. The monoisotopic (exact) mass is 301 g/mol. The number of aliphatic hydroxyl groups excluding tert-OH is 1. The summed E-state index contributed by atoms with van der Waals surface area (Å²) in [4.78, 5) is 14.1. The van der Waals surface area contributed by atoms with Gasteiger partial charge in [0, 0.05) is 7.05 Å². The summed E-state index contributed by atoms with van der Waals surface area (Å²) in [5.41, 5.74) is 4.59. The molecule has 1 atom stereocenters. The van der Waals surface area contributed by atoms with Gasteiger partial charge in [-0.3, -0.25) is 4.79 Å². The first kappa shape index (κ1) is 16.2. The molecule has 2 rings (SSSR count). The fraction of sp³-hybridized carbons (Fsp3) is 0.412. The van der Waals surface area contributed by atoms with Gasteiger partial charge in [-0.1, -0.05) is 12.1 Å². The number of rotatable bonds is 4. The third-order valence-electron chi connectivity index (χ3n) is 4.08. The van der Waals surface area contributed by atoms with Crippen LogP contribution in [-0.4, -0.2) is 45.4 Å². The summed E-state index contributed by atoms with van der Waals surface area (Å²) in [5, 5.41) is 13.6. The topological polar surface area (TPSA) is 58.4 Å². The second-order valence-electron chi connectivity index (χ2n) is 5.79. The highest BCUT2D eigenvalue weighted by atomic mass is 16.3. The molecule has 0 aliphatic rings. The zero-order chi connectivity index (χ0) is 16.4. The molecule has 1 N–H and O–H groups in total. The first-order chi connectivity index (χ1) is 10.4. The van der Waals surface area contributed by atoms with Gasteiger partial charge in [0.1, 0.15) is 0 Å². The van der Waals surface area contributed by atoms with Crippen LogP contribution in [0.4, 0.5) is 0 Å². The van der Waals surface area contributed by atoms with Gasteiger partial charge in [-0.2, -0.15) is 5.10 Å². The van der Waals surface area contributed by atoms with Gasteiger partial charge >= 0.3 is 0 Å². The van der Waals surface area contributed by atoms with Crippen LogP contribution >= 0.6 is 0 Å². The van der Waals surface area contributed by atoms with Gasteiger partial charge < -0.3 is 10.0 Å². The van der Waals surface area contributed by atoms with Gasteiger partial charge in [0.2, 0.25) is 0 Å². The van der Waals surface area contributed by atoms with Crippen LogP contribution in [-0.2, 0) is 0 Å². The number of likely N-dealkylation sites (N-methyl/N-ethyl adjacent to an activating group) is 1. The predicted molar refractivity (Wildman–Crippen MR) is 86.4 cm³/mol. The van der Waals surface area contributed by atoms with Crippen molar-refractivity contribution in [2.24, 2.45) is 0 Å². The third kappa shape index (κ3) is 2.90. The van der Waals surface area contributed by atoms with E-state index in [0.717, 1.165) is 22.5 Å². The number of aryl methyl sites for hydroxylation is 2. The van der Waals surface area contributed by atoms with Crippen LogP contribution in [0.2, 0.25) is 0 Å². The summed E-state index contributed by atoms with van der Waals surface area (Å²) in [6, 6.07) is 5.94. The molecule has 1 unspecified atom stereocenters. The molecule has 1 aromatic heterocycles. The molecule has 5 nitrogen and oxygen atoms in total. The number of aromatic nitrogens is 2. The maximum absolute atomic E-state index is 12.5. The minimum atomic E-state index is -0.226. The lowest BCUT2D eigenvalue weighted by atomic mass is 10.1. The van der Waals surface area contributed by atoms with E-state index in [4.69, 9.17) is 0 Å². The smallest absolute Gasteiger partial charge is 0.257 e. The number of benzene rings is 1. The van der Waals surface area contributed by atoms with E-state index in [1.807, 2.05) is 33.8 Å². The summed E-state index contributed by atoms with van der Waals surface area (Å²) < 4.78 is 1.80. The van der Waals surface area contributed by atoms with E-state index in [9.17, 15) is 9.90 Å². The van der Waals surface area contributed by atoms with Crippen molar-refractivity contribution in [2.45, 2.75) is 33.7 Å². The van der Waals surface area contributed by atoms with Crippen molar-refractivity contribution in [3.63, 3.8) is 0 Å². The Morgan fingerprint density at radius 2 is 2.05 bits per heavy atom. The maximum Gasteiger partial charge on any atom is 0.257 e. The first-order valence-corrected chi connectivity index (χ1v) is 7.37. The van der Waals surface area contributed by atoms with Gasteiger partial charge in [0.05, 0.1) is 35.8 Å². The number of amides is 1. The number of nitrogens with zero attached hydrogens (tertiary/aromatic N) is 3. The van der Waals surface area contributed by atoms with Crippen LogP contribution in [0.15, 0.2) is 24.4 Å². The molecule has 0 radical (unpaired) electrons. The second-order valence-corrected chi connectivity index (χ2v) is 5.79. The maximum atomic E-state index is 12.5. The average Bonchev–Trinajstić information content (AvgIpc) is 2.88. The molecule has 0 fully saturated rings. The molecule has 0 saturated carbocycles. The molecule has 0 saturated heterocycles. The molecule has 0 bridgehead atoms. The number of hydrogen-bond acceptors (Lipinski definition) is 3. The number of hydrogen-bond donors (Lipinski definition) is 1. The summed E-state index contributed by atoms with van der Waals surface area (Å²) in [7, 11) is 1.69. The van der Waals surface area contributed by atoms with Gasteiger partial charge in [0.15, 0.2) is 0 Å². The number of carbonyl (C=O) groups excluding carboxylic acids is 1. The second kappa shape index (κ2) is 6.32. The highest BCUT2D eigenvalue weighted by Gasteiger charge is 2.22. The van der Waals surface area contributed by atoms with Crippen molar-refractivity contribution < 1.29 is 9.90 Å². The Balaban J connectivity index is 2.42. The van der Waals surface area contributed by atoms with Gasteiger partial charge in [0.25, 0.3) is 5.91 Å². The molecule has 22 heavy (non-hydrogen) atoms. The van der Waals surface area contributed by atoms with Crippen molar-refractivity contribution in [3.8, 4) is 5.69 Å². The summed E-state index contributed by atoms with van der Waals surface area (Å²) >= 11 is 0. The Morgan fingerprint density at radius 1 is 1.36 bits per heavy atom. The van der Waals surface area contributed by atoms with Crippen LogP contribution in [0.3, 0.4) is 0 Å². The fourth-order valence-corrected chi connectivity index (χ4v) is 2.32. The first-order valence-electron chi connectivity index (χ1n) is 7.37. The van der Waals surface area contributed by atoms with E-state index < -0.39 is 0 Å². The van der Waals surface area contributed by atoms with Crippen LogP contribution < -0.4 is 0 Å². The molecule has 1 amide bonds. The number of carbonyl (C=O) groups is 1. The van der Waals surface area contributed by atoms with Crippen LogP contribution in [0.5, 0.6) is 0 Å². The Morgan fingerprint density at radius 3 is 2.68 bits per heavy atom. The molecule has 2 aromatic rings. The molecule has 0 spiro atoms. The summed E-state index contributed by atoms with van der Waals surface area (Å²) in [6.45, 7) is 7.69. The largest absolute Gasteiger partial charge is 0.394 e. The van der Waals surface area contributed by atoms with E-state index in [1.54, 1.807) is 17.9 Å². The Labute approximate surface area is 131 Å². The normalized spacial score (nSPS) is 12.3. The minimum Gasteiger partial charge on any atom is -0.394 e. The van der Waals surface area contributed by atoms with E-state index in [-0.39, 0.29) is 18.6 Å². The van der Waals surface area contributed by atoms with E-state index >= 15 is 0 Å². The highest BCUT2D eigenvalue weighted by molar-refractivity contribution is 5.95. The van der Waals surface area contributed by atoms with Crippen molar-refractivity contribution in [1.29, 1.82) is 0 Å². The molecule has 0 aliphatic heterocycles. The summed E-state index contributed by atoms with van der Waals surface area (Å²) in [6.07, 6.45) is 1.60. The number of aliphatic hydroxyl groups is 1. The fourth-order valence-electron chi connectivity index (χ4n) is 2.32. The quantitative estimate of drug-likeness (QED) is 0.942. The predicted octanol–water partition coefficient (Wildman–Crippen LogP) is 2.25. The minimum absolute atomic E-state index is 0.0631. The van der Waals surface area contributed by atoms with Crippen molar-refractivity contribution in [2.75, 3.05) is 13.7 Å². The zero-order valence-electron chi connectivity index (χ0n) is 13.8. The van der Waals surface area contributed by atoms with Crippen molar-refractivity contribution >= 4 is 5.91 Å². The standard InChI is InChI=1S/C17H23N3O2/c1-11-6-7-12(2)16(8-11)20-14(4)15(9-18-20)17(22)19(5)13(3)10-21/h6-9,13,21H,10H2,1-5H3. The molecular formula is C17H23N3O2. The van der Waals surface area contributed by atoms with Crippen LogP contribution in [0, 0.1) is 20.8 Å².